The predicted molar refractivity (Wildman–Crippen MR) is 130 cm³/mol. The summed E-state index contributed by atoms with van der Waals surface area (Å²) < 4.78 is 40.1. The lowest BCUT2D eigenvalue weighted by molar-refractivity contribution is -0.384. The summed E-state index contributed by atoms with van der Waals surface area (Å²) in [6.07, 6.45) is 1.51. The van der Waals surface area contributed by atoms with Gasteiger partial charge in [0.25, 0.3) is 5.69 Å². The summed E-state index contributed by atoms with van der Waals surface area (Å²) in [6.45, 7) is 4.11. The van der Waals surface area contributed by atoms with Gasteiger partial charge in [-0.25, -0.2) is 12.8 Å². The molecule has 2 amide bonds. The maximum absolute atomic E-state index is 14.4. The van der Waals surface area contributed by atoms with Crippen molar-refractivity contribution in [2.75, 3.05) is 17.1 Å². The highest BCUT2D eigenvalue weighted by Crippen LogP contribution is 2.24. The molecule has 2 aromatic rings. The van der Waals surface area contributed by atoms with Gasteiger partial charge in [-0.1, -0.05) is 31.2 Å². The van der Waals surface area contributed by atoms with Crippen molar-refractivity contribution in [2.24, 2.45) is 0 Å². The Balaban J connectivity index is 2.44. The Morgan fingerprint density at radius 1 is 1.14 bits per heavy atom. The van der Waals surface area contributed by atoms with Crippen LogP contribution in [0.2, 0.25) is 0 Å². The van der Waals surface area contributed by atoms with E-state index in [9.17, 15) is 32.5 Å². The zero-order valence-electron chi connectivity index (χ0n) is 20.0. The lowest BCUT2D eigenvalue weighted by Gasteiger charge is -2.32. The largest absolute Gasteiger partial charge is 0.352 e. The first kappa shape index (κ1) is 27.7. The number of sulfonamides is 1. The van der Waals surface area contributed by atoms with Crippen LogP contribution in [0.15, 0.2) is 48.5 Å². The molecule has 0 aliphatic carbocycles. The standard InChI is InChI=1S/C23H29FN4O6S/c1-5-16(2)25-23(30)17(3)26(14-18-9-6-7-12-21(18)24)22(29)15-27(35(4,33)34)19-10-8-11-20(13-19)28(31)32/h6-13,16-17H,5,14-15H2,1-4H3,(H,25,30)/t16-,17-/m0/s1. The van der Waals surface area contributed by atoms with E-state index in [1.54, 1.807) is 13.0 Å². The number of hydrogen-bond acceptors (Lipinski definition) is 6. The first-order valence-corrected chi connectivity index (χ1v) is 12.7. The van der Waals surface area contributed by atoms with Crippen LogP contribution >= 0.6 is 0 Å². The van der Waals surface area contributed by atoms with Gasteiger partial charge in [-0.3, -0.25) is 24.0 Å². The number of non-ortho nitro benzene ring substituents is 1. The fourth-order valence-corrected chi connectivity index (χ4v) is 4.08. The summed E-state index contributed by atoms with van der Waals surface area (Å²) >= 11 is 0. The summed E-state index contributed by atoms with van der Waals surface area (Å²) in [5.74, 6) is -1.85. The van der Waals surface area contributed by atoms with Gasteiger partial charge in [-0.2, -0.15) is 0 Å². The molecule has 0 radical (unpaired) electrons. The van der Waals surface area contributed by atoms with Gasteiger partial charge in [0.05, 0.1) is 16.9 Å². The van der Waals surface area contributed by atoms with Crippen LogP contribution < -0.4 is 9.62 Å². The van der Waals surface area contributed by atoms with Crippen molar-refractivity contribution in [3.63, 3.8) is 0 Å². The maximum Gasteiger partial charge on any atom is 0.271 e. The van der Waals surface area contributed by atoms with Crippen molar-refractivity contribution in [2.45, 2.75) is 45.8 Å². The van der Waals surface area contributed by atoms with Crippen LogP contribution in [0, 0.1) is 15.9 Å². The van der Waals surface area contributed by atoms with Gasteiger partial charge in [-0.05, 0) is 32.4 Å². The molecule has 0 fully saturated rings. The Morgan fingerprint density at radius 2 is 1.80 bits per heavy atom. The van der Waals surface area contributed by atoms with E-state index in [1.807, 2.05) is 6.92 Å². The highest BCUT2D eigenvalue weighted by molar-refractivity contribution is 7.92. The molecule has 2 aromatic carbocycles. The number of hydrogen-bond donors (Lipinski definition) is 1. The summed E-state index contributed by atoms with van der Waals surface area (Å²) in [5, 5.41) is 13.9. The Bertz CT molecular complexity index is 1190. The third kappa shape index (κ3) is 7.47. The molecule has 0 aliphatic heterocycles. The maximum atomic E-state index is 14.4. The van der Waals surface area contributed by atoms with Gasteiger partial charge in [0.2, 0.25) is 21.8 Å². The van der Waals surface area contributed by atoms with Gasteiger partial charge < -0.3 is 10.2 Å². The van der Waals surface area contributed by atoms with E-state index in [0.29, 0.717) is 6.42 Å². The van der Waals surface area contributed by atoms with E-state index in [4.69, 9.17) is 0 Å². The molecule has 0 saturated heterocycles. The number of benzene rings is 2. The molecule has 0 spiro atoms. The van der Waals surface area contributed by atoms with Crippen molar-refractivity contribution in [1.29, 1.82) is 0 Å². The highest BCUT2D eigenvalue weighted by Gasteiger charge is 2.31. The van der Waals surface area contributed by atoms with Crippen LogP contribution in [0.1, 0.15) is 32.8 Å². The van der Waals surface area contributed by atoms with Gasteiger partial charge in [-0.15, -0.1) is 0 Å². The molecule has 0 aliphatic rings. The molecular weight excluding hydrogens is 479 g/mol. The summed E-state index contributed by atoms with van der Waals surface area (Å²) in [5.41, 5.74) is -0.295. The van der Waals surface area contributed by atoms with E-state index >= 15 is 0 Å². The SMILES string of the molecule is CC[C@H](C)NC(=O)[C@H](C)N(Cc1ccccc1F)C(=O)CN(c1cccc([N+](=O)[O-])c1)S(C)(=O)=O. The molecule has 1 N–H and O–H groups in total. The fraction of sp³-hybridized carbons (Fsp3) is 0.391. The summed E-state index contributed by atoms with van der Waals surface area (Å²) in [7, 11) is -4.05. The number of nitrogens with zero attached hydrogens (tertiary/aromatic N) is 3. The van der Waals surface area contributed by atoms with Gasteiger partial charge in [0, 0.05) is 30.3 Å². The first-order chi connectivity index (χ1) is 16.3. The van der Waals surface area contributed by atoms with Gasteiger partial charge >= 0.3 is 0 Å². The lowest BCUT2D eigenvalue weighted by Crippen LogP contribution is -2.52. The third-order valence-electron chi connectivity index (χ3n) is 5.47. The monoisotopic (exact) mass is 508 g/mol. The Hall–Kier alpha value is -3.54. The van der Waals surface area contributed by atoms with Crippen molar-refractivity contribution in [1.82, 2.24) is 10.2 Å². The molecule has 12 heteroatoms. The van der Waals surface area contributed by atoms with Crippen molar-refractivity contribution < 1.29 is 27.3 Å². The van der Waals surface area contributed by atoms with Gasteiger partial charge in [0.1, 0.15) is 18.4 Å². The molecule has 0 unspecified atom stereocenters. The Kier molecular flexibility index (Phi) is 9.29. The molecule has 190 valence electrons. The minimum atomic E-state index is -4.05. The Labute approximate surface area is 203 Å². The molecule has 2 atom stereocenters. The van der Waals surface area contributed by atoms with Crippen LogP contribution in [0.25, 0.3) is 0 Å². The first-order valence-electron chi connectivity index (χ1n) is 10.9. The molecular formula is C23H29FN4O6S. The normalized spacial score (nSPS) is 12.9. The van der Waals surface area contributed by atoms with Crippen LogP contribution in [0.5, 0.6) is 0 Å². The highest BCUT2D eigenvalue weighted by atomic mass is 32.2. The fourth-order valence-electron chi connectivity index (χ4n) is 3.23. The minimum absolute atomic E-state index is 0.0856. The number of carbonyl (C=O) groups is 2. The molecule has 0 heterocycles. The van der Waals surface area contributed by atoms with E-state index in [2.05, 4.69) is 5.32 Å². The molecule has 35 heavy (non-hydrogen) atoms. The molecule has 0 bridgehead atoms. The number of rotatable bonds is 11. The molecule has 0 aromatic heterocycles. The van der Waals surface area contributed by atoms with Gasteiger partial charge in [0.15, 0.2) is 0 Å². The second-order valence-electron chi connectivity index (χ2n) is 8.15. The quantitative estimate of drug-likeness (QED) is 0.367. The Morgan fingerprint density at radius 3 is 2.37 bits per heavy atom. The van der Waals surface area contributed by atoms with E-state index in [0.717, 1.165) is 21.5 Å². The predicted octanol–water partition coefficient (Wildman–Crippen LogP) is 2.83. The molecule has 0 saturated carbocycles. The average molecular weight is 509 g/mol. The average Bonchev–Trinajstić information content (AvgIpc) is 2.80. The van der Waals surface area contributed by atoms with Crippen molar-refractivity contribution in [3.8, 4) is 0 Å². The minimum Gasteiger partial charge on any atom is -0.352 e. The summed E-state index contributed by atoms with van der Waals surface area (Å²) in [6, 6.07) is 9.37. The second kappa shape index (κ2) is 11.7. The number of nitrogens with one attached hydrogen (secondary N) is 1. The molecule has 10 nitrogen and oxygen atoms in total. The lowest BCUT2D eigenvalue weighted by atomic mass is 10.1. The van der Waals surface area contributed by atoms with Crippen molar-refractivity contribution >= 4 is 33.2 Å². The number of carbonyl (C=O) groups excluding carboxylic acids is 2. The topological polar surface area (TPSA) is 130 Å². The number of anilines is 1. The molecule has 2 rings (SSSR count). The zero-order chi connectivity index (χ0) is 26.3. The van der Waals surface area contributed by atoms with Crippen LogP contribution in [0.4, 0.5) is 15.8 Å². The third-order valence-corrected chi connectivity index (χ3v) is 6.62. The van der Waals surface area contributed by atoms with Crippen LogP contribution in [-0.4, -0.2) is 54.9 Å². The number of nitro benzene ring substituents is 1. The summed E-state index contributed by atoms with van der Waals surface area (Å²) in [4.78, 5) is 37.7. The number of halogens is 1. The van der Waals surface area contributed by atoms with E-state index in [-0.39, 0.29) is 29.5 Å². The van der Waals surface area contributed by atoms with E-state index in [1.165, 1.54) is 43.3 Å². The van der Waals surface area contributed by atoms with E-state index < -0.39 is 45.2 Å². The number of amides is 2. The number of nitro groups is 1. The van der Waals surface area contributed by atoms with Crippen LogP contribution in [-0.2, 0) is 26.2 Å². The second-order valence-corrected chi connectivity index (χ2v) is 10.1. The zero-order valence-corrected chi connectivity index (χ0v) is 20.8. The van der Waals surface area contributed by atoms with Crippen LogP contribution in [0.3, 0.4) is 0 Å². The van der Waals surface area contributed by atoms with Crippen molar-refractivity contribution in [3.05, 3.63) is 70.0 Å². The smallest absolute Gasteiger partial charge is 0.271 e.